The first kappa shape index (κ1) is 15.2. The number of carbonyl (C=O) groups excluding carboxylic acids is 1. The average molecular weight is 326 g/mol. The average Bonchev–Trinajstić information content (AvgIpc) is 2.56. The molecule has 7 heteroatoms. The van der Waals surface area contributed by atoms with E-state index in [2.05, 4.69) is 9.97 Å². The first-order valence-corrected chi connectivity index (χ1v) is 7.94. The van der Waals surface area contributed by atoms with E-state index in [1.54, 1.807) is 24.4 Å². The second kappa shape index (κ2) is 6.62. The van der Waals surface area contributed by atoms with Crippen LogP contribution in [0.25, 0.3) is 10.9 Å². The Kier molecular flexibility index (Phi) is 4.38. The number of benzene rings is 1. The maximum Gasteiger partial charge on any atom is 0.261 e. The van der Waals surface area contributed by atoms with Crippen molar-refractivity contribution in [2.24, 2.45) is 5.73 Å². The zero-order valence-electron chi connectivity index (χ0n) is 12.2. The fourth-order valence-electron chi connectivity index (χ4n) is 2.21. The molecule has 0 aliphatic heterocycles. The lowest BCUT2D eigenvalue weighted by Crippen LogP contribution is -2.31. The Bertz CT molecular complexity index is 909. The quantitative estimate of drug-likeness (QED) is 0.719. The van der Waals surface area contributed by atoms with E-state index in [1.165, 1.54) is 16.3 Å². The van der Waals surface area contributed by atoms with E-state index in [0.717, 1.165) is 5.03 Å². The van der Waals surface area contributed by atoms with Crippen molar-refractivity contribution in [3.8, 4) is 0 Å². The molecule has 0 bridgehead atoms. The zero-order chi connectivity index (χ0) is 16.2. The summed E-state index contributed by atoms with van der Waals surface area (Å²) < 4.78 is 1.33. The molecule has 116 valence electrons. The van der Waals surface area contributed by atoms with Crippen LogP contribution in [0.5, 0.6) is 0 Å². The largest absolute Gasteiger partial charge is 0.368 e. The third-order valence-corrected chi connectivity index (χ3v) is 4.18. The highest BCUT2D eigenvalue weighted by atomic mass is 32.2. The smallest absolute Gasteiger partial charge is 0.261 e. The molecular weight excluding hydrogens is 312 g/mol. The number of rotatable bonds is 5. The van der Waals surface area contributed by atoms with E-state index in [0.29, 0.717) is 22.5 Å². The van der Waals surface area contributed by atoms with Gasteiger partial charge >= 0.3 is 0 Å². The number of hydrogen-bond donors (Lipinski definition) is 1. The number of amides is 1. The molecule has 0 atom stereocenters. The Hall–Kier alpha value is -2.67. The van der Waals surface area contributed by atoms with Gasteiger partial charge in [0.25, 0.3) is 5.56 Å². The maximum atomic E-state index is 12.6. The van der Waals surface area contributed by atoms with E-state index < -0.39 is 5.91 Å². The minimum absolute atomic E-state index is 0.186. The van der Waals surface area contributed by atoms with Crippen LogP contribution in [-0.4, -0.2) is 20.4 Å². The molecule has 0 unspecified atom stereocenters. The number of para-hydroxylation sites is 1. The van der Waals surface area contributed by atoms with E-state index >= 15 is 0 Å². The number of primary amides is 1. The SMILES string of the molecule is NC(=O)Cn1c(CSc2ccccn2)nc2ccccc2c1=O. The summed E-state index contributed by atoms with van der Waals surface area (Å²) in [6.07, 6.45) is 1.70. The summed E-state index contributed by atoms with van der Waals surface area (Å²) in [6, 6.07) is 12.7. The molecule has 0 saturated carbocycles. The third kappa shape index (κ3) is 3.40. The number of fused-ring (bicyclic) bond motifs is 1. The van der Waals surface area contributed by atoms with Gasteiger partial charge in [0, 0.05) is 6.20 Å². The van der Waals surface area contributed by atoms with Crippen molar-refractivity contribution in [3.05, 3.63) is 64.8 Å². The maximum absolute atomic E-state index is 12.6. The molecule has 0 spiro atoms. The van der Waals surface area contributed by atoms with Crippen molar-refractivity contribution in [3.63, 3.8) is 0 Å². The van der Waals surface area contributed by atoms with Crippen LogP contribution >= 0.6 is 11.8 Å². The van der Waals surface area contributed by atoms with Crippen LogP contribution in [0, 0.1) is 0 Å². The van der Waals surface area contributed by atoms with Crippen molar-refractivity contribution < 1.29 is 4.79 Å². The molecule has 3 rings (SSSR count). The van der Waals surface area contributed by atoms with Crippen LogP contribution in [0.2, 0.25) is 0 Å². The molecule has 0 fully saturated rings. The predicted octanol–water partition coefficient (Wildman–Crippen LogP) is 1.57. The Morgan fingerprint density at radius 2 is 1.96 bits per heavy atom. The summed E-state index contributed by atoms with van der Waals surface area (Å²) in [5.41, 5.74) is 5.62. The van der Waals surface area contributed by atoms with E-state index in [-0.39, 0.29) is 12.1 Å². The fourth-order valence-corrected chi connectivity index (χ4v) is 3.02. The van der Waals surface area contributed by atoms with Gasteiger partial charge in [-0.05, 0) is 24.3 Å². The van der Waals surface area contributed by atoms with Gasteiger partial charge in [-0.25, -0.2) is 9.97 Å². The van der Waals surface area contributed by atoms with Crippen molar-refractivity contribution in [1.82, 2.24) is 14.5 Å². The fraction of sp³-hybridized carbons (Fsp3) is 0.125. The number of thioether (sulfide) groups is 1. The van der Waals surface area contributed by atoms with Crippen molar-refractivity contribution in [1.29, 1.82) is 0 Å². The number of carbonyl (C=O) groups is 1. The van der Waals surface area contributed by atoms with Gasteiger partial charge in [-0.3, -0.25) is 14.2 Å². The summed E-state index contributed by atoms with van der Waals surface area (Å²) in [5.74, 6) is 0.348. The van der Waals surface area contributed by atoms with Gasteiger partial charge < -0.3 is 5.73 Å². The van der Waals surface area contributed by atoms with Gasteiger partial charge in [0.05, 0.1) is 21.7 Å². The third-order valence-electron chi connectivity index (χ3n) is 3.24. The molecule has 1 amide bonds. The second-order valence-electron chi connectivity index (χ2n) is 4.86. The molecule has 3 aromatic rings. The highest BCUT2D eigenvalue weighted by Gasteiger charge is 2.13. The van der Waals surface area contributed by atoms with Gasteiger partial charge in [-0.1, -0.05) is 30.0 Å². The molecule has 0 aliphatic rings. The predicted molar refractivity (Wildman–Crippen MR) is 89.0 cm³/mol. The number of hydrogen-bond acceptors (Lipinski definition) is 5. The number of nitrogens with two attached hydrogens (primary N) is 1. The number of nitrogens with zero attached hydrogens (tertiary/aromatic N) is 3. The van der Waals surface area contributed by atoms with Crippen molar-refractivity contribution >= 4 is 28.6 Å². The Labute approximate surface area is 136 Å². The molecule has 2 N–H and O–H groups in total. The van der Waals surface area contributed by atoms with Crippen LogP contribution in [0.15, 0.2) is 58.5 Å². The molecule has 6 nitrogen and oxygen atoms in total. The second-order valence-corrected chi connectivity index (χ2v) is 5.86. The highest BCUT2D eigenvalue weighted by Crippen LogP contribution is 2.20. The molecule has 0 aliphatic carbocycles. The Morgan fingerprint density at radius 1 is 1.17 bits per heavy atom. The van der Waals surface area contributed by atoms with E-state index in [9.17, 15) is 9.59 Å². The summed E-state index contributed by atoms with van der Waals surface area (Å²) in [4.78, 5) is 32.6. The van der Waals surface area contributed by atoms with Crippen molar-refractivity contribution in [2.75, 3.05) is 0 Å². The minimum Gasteiger partial charge on any atom is -0.368 e. The van der Waals surface area contributed by atoms with Crippen LogP contribution in [0.3, 0.4) is 0 Å². The number of pyridine rings is 1. The van der Waals surface area contributed by atoms with Gasteiger partial charge in [0.15, 0.2) is 0 Å². The summed E-state index contributed by atoms with van der Waals surface area (Å²) in [7, 11) is 0. The zero-order valence-corrected chi connectivity index (χ0v) is 13.0. The lowest BCUT2D eigenvalue weighted by Gasteiger charge is -2.11. The standard InChI is InChI=1S/C16H14N4O2S/c17-13(21)9-20-14(10-23-15-7-3-4-8-18-15)19-12-6-2-1-5-11(12)16(20)22/h1-8H,9-10H2,(H2,17,21). The Balaban J connectivity index is 2.03. The van der Waals surface area contributed by atoms with Crippen molar-refractivity contribution in [2.45, 2.75) is 17.3 Å². The molecule has 2 aromatic heterocycles. The molecule has 0 saturated heterocycles. The minimum atomic E-state index is -0.576. The lowest BCUT2D eigenvalue weighted by atomic mass is 10.2. The molecule has 23 heavy (non-hydrogen) atoms. The highest BCUT2D eigenvalue weighted by molar-refractivity contribution is 7.98. The number of aromatic nitrogens is 3. The van der Waals surface area contributed by atoms with E-state index in [1.807, 2.05) is 24.3 Å². The summed E-state index contributed by atoms with van der Waals surface area (Å²) in [6.45, 7) is -0.186. The molecular formula is C16H14N4O2S. The van der Waals surface area contributed by atoms with E-state index in [4.69, 9.17) is 5.73 Å². The van der Waals surface area contributed by atoms with Gasteiger partial charge in [-0.2, -0.15) is 0 Å². The van der Waals surface area contributed by atoms with Crippen LogP contribution in [0.1, 0.15) is 5.82 Å². The summed E-state index contributed by atoms with van der Waals surface area (Å²) >= 11 is 1.45. The van der Waals surface area contributed by atoms with Crippen LogP contribution in [-0.2, 0) is 17.1 Å². The molecule has 1 aromatic carbocycles. The lowest BCUT2D eigenvalue weighted by molar-refractivity contribution is -0.118. The normalized spacial score (nSPS) is 10.8. The van der Waals surface area contributed by atoms with Gasteiger partial charge in [0.2, 0.25) is 5.91 Å². The molecule has 0 radical (unpaired) electrons. The van der Waals surface area contributed by atoms with Crippen LogP contribution in [0.4, 0.5) is 0 Å². The Morgan fingerprint density at radius 3 is 2.70 bits per heavy atom. The van der Waals surface area contributed by atoms with Crippen LogP contribution < -0.4 is 11.3 Å². The summed E-state index contributed by atoms with van der Waals surface area (Å²) in [5, 5.41) is 1.29. The monoisotopic (exact) mass is 326 g/mol. The van der Waals surface area contributed by atoms with Gasteiger partial charge in [-0.15, -0.1) is 0 Å². The topological polar surface area (TPSA) is 90.9 Å². The first-order valence-electron chi connectivity index (χ1n) is 6.96. The molecule has 2 heterocycles. The first-order chi connectivity index (χ1) is 11.1. The van der Waals surface area contributed by atoms with Gasteiger partial charge in [0.1, 0.15) is 12.4 Å².